The van der Waals surface area contributed by atoms with E-state index in [1.165, 1.54) is 5.56 Å². The topological polar surface area (TPSA) is 71.2 Å². The van der Waals surface area contributed by atoms with Gasteiger partial charge in [0.1, 0.15) is 0 Å². The number of benzene rings is 4. The highest BCUT2D eigenvalue weighted by Crippen LogP contribution is 2.42. The fourth-order valence-corrected chi connectivity index (χ4v) is 6.30. The van der Waals surface area contributed by atoms with Gasteiger partial charge in [0.15, 0.2) is 6.29 Å². The second-order valence-corrected chi connectivity index (χ2v) is 11.9. The van der Waals surface area contributed by atoms with Gasteiger partial charge in [0.05, 0.1) is 18.8 Å². The Bertz CT molecular complexity index is 1450. The molecule has 0 aliphatic carbocycles. The molecule has 4 aromatic carbocycles. The Labute approximate surface area is 255 Å². The van der Waals surface area contributed by atoms with Crippen molar-refractivity contribution in [3.05, 3.63) is 131 Å². The van der Waals surface area contributed by atoms with Crippen LogP contribution >= 0.6 is 0 Å². The maximum atomic E-state index is 9.59. The van der Waals surface area contributed by atoms with Crippen molar-refractivity contribution < 1.29 is 14.6 Å². The van der Waals surface area contributed by atoms with Crippen molar-refractivity contribution in [2.75, 3.05) is 32.7 Å². The minimum atomic E-state index is -0.485. The van der Waals surface area contributed by atoms with Gasteiger partial charge in [0.2, 0.25) is 0 Å². The quantitative estimate of drug-likeness (QED) is 0.258. The largest absolute Gasteiger partial charge is 0.392 e. The summed E-state index contributed by atoms with van der Waals surface area (Å²) in [5, 5.41) is 9.59. The molecule has 43 heavy (non-hydrogen) atoms. The molecule has 2 aliphatic rings. The molecule has 0 amide bonds. The van der Waals surface area contributed by atoms with E-state index < -0.39 is 6.29 Å². The second kappa shape index (κ2) is 14.0. The van der Waals surface area contributed by atoms with Crippen molar-refractivity contribution in [3.8, 4) is 11.1 Å². The van der Waals surface area contributed by atoms with Crippen LogP contribution in [0.4, 0.5) is 0 Å². The monoisotopic (exact) mass is 577 g/mol. The maximum absolute atomic E-state index is 9.59. The first kappa shape index (κ1) is 29.7. The van der Waals surface area contributed by atoms with Crippen molar-refractivity contribution in [1.82, 2.24) is 9.80 Å². The number of aliphatic hydroxyl groups excluding tert-OH is 1. The van der Waals surface area contributed by atoms with Gasteiger partial charge in [-0.25, -0.2) is 0 Å². The Balaban J connectivity index is 1.20. The summed E-state index contributed by atoms with van der Waals surface area (Å²) in [7, 11) is 0. The molecule has 2 aliphatic heterocycles. The van der Waals surface area contributed by atoms with E-state index in [2.05, 4.69) is 108 Å². The lowest BCUT2D eigenvalue weighted by Crippen LogP contribution is -2.51. The Morgan fingerprint density at radius 1 is 0.698 bits per heavy atom. The average molecular weight is 578 g/mol. The molecule has 224 valence electrons. The van der Waals surface area contributed by atoms with Gasteiger partial charge in [-0.2, -0.15) is 0 Å². The Morgan fingerprint density at radius 2 is 1.37 bits per heavy atom. The highest BCUT2D eigenvalue weighted by atomic mass is 16.7. The number of hydrogen-bond acceptors (Lipinski definition) is 6. The third-order valence-corrected chi connectivity index (χ3v) is 8.93. The molecule has 6 rings (SSSR count). The van der Waals surface area contributed by atoms with E-state index in [1.54, 1.807) is 0 Å². The van der Waals surface area contributed by atoms with Crippen LogP contribution in [0.15, 0.2) is 103 Å². The average Bonchev–Trinajstić information content (AvgIpc) is 3.07. The van der Waals surface area contributed by atoms with E-state index in [0.29, 0.717) is 6.54 Å². The van der Waals surface area contributed by atoms with Crippen molar-refractivity contribution in [3.63, 3.8) is 0 Å². The van der Waals surface area contributed by atoms with E-state index in [0.717, 1.165) is 72.6 Å². The van der Waals surface area contributed by atoms with Crippen LogP contribution in [0.5, 0.6) is 0 Å². The lowest BCUT2D eigenvalue weighted by atomic mass is 9.89. The molecule has 6 nitrogen and oxygen atoms in total. The predicted octanol–water partition coefficient (Wildman–Crippen LogP) is 5.91. The zero-order valence-corrected chi connectivity index (χ0v) is 25.0. The molecule has 4 atom stereocenters. The van der Waals surface area contributed by atoms with E-state index >= 15 is 0 Å². The summed E-state index contributed by atoms with van der Waals surface area (Å²) in [6.45, 7) is 8.79. The smallest absolute Gasteiger partial charge is 0.184 e. The van der Waals surface area contributed by atoms with Gasteiger partial charge in [-0.15, -0.1) is 0 Å². The van der Waals surface area contributed by atoms with Crippen LogP contribution in [0.25, 0.3) is 11.1 Å². The molecule has 4 aromatic rings. The van der Waals surface area contributed by atoms with E-state index in [4.69, 9.17) is 15.2 Å². The SMILES string of the molecule is CC1C(CN2CCN(Cc3ccccc3)CC2)OC(c2cccc(-c3cccc(CN)c3)c2)OC1c1ccc(CO)cc1. The van der Waals surface area contributed by atoms with Crippen molar-refractivity contribution in [1.29, 1.82) is 0 Å². The van der Waals surface area contributed by atoms with Gasteiger partial charge in [0, 0.05) is 57.3 Å². The summed E-state index contributed by atoms with van der Waals surface area (Å²) in [6.07, 6.45) is -0.605. The molecule has 2 fully saturated rings. The lowest BCUT2D eigenvalue weighted by molar-refractivity contribution is -0.276. The normalized spacial score (nSPS) is 23.3. The van der Waals surface area contributed by atoms with Crippen LogP contribution in [0.2, 0.25) is 0 Å². The molecular weight excluding hydrogens is 534 g/mol. The summed E-state index contributed by atoms with van der Waals surface area (Å²) >= 11 is 0. The predicted molar refractivity (Wildman–Crippen MR) is 171 cm³/mol. The third-order valence-electron chi connectivity index (χ3n) is 8.93. The van der Waals surface area contributed by atoms with Gasteiger partial charge in [-0.05, 0) is 45.5 Å². The molecule has 0 radical (unpaired) electrons. The number of piperazine rings is 1. The zero-order valence-electron chi connectivity index (χ0n) is 25.0. The lowest BCUT2D eigenvalue weighted by Gasteiger charge is -2.44. The molecule has 0 bridgehead atoms. The molecule has 6 heteroatoms. The van der Waals surface area contributed by atoms with Crippen LogP contribution in [-0.2, 0) is 29.2 Å². The summed E-state index contributed by atoms with van der Waals surface area (Å²) in [5.41, 5.74) is 13.7. The van der Waals surface area contributed by atoms with E-state index in [-0.39, 0.29) is 24.7 Å². The second-order valence-electron chi connectivity index (χ2n) is 11.9. The number of rotatable bonds is 9. The number of nitrogens with zero attached hydrogens (tertiary/aromatic N) is 2. The molecule has 3 N–H and O–H groups in total. The number of hydrogen-bond donors (Lipinski definition) is 2. The van der Waals surface area contributed by atoms with Crippen LogP contribution < -0.4 is 5.73 Å². The van der Waals surface area contributed by atoms with Gasteiger partial charge in [-0.1, -0.05) is 97.9 Å². The number of ether oxygens (including phenoxy) is 2. The minimum absolute atomic E-state index is 0.00571. The Hall–Kier alpha value is -3.36. The molecule has 2 heterocycles. The van der Waals surface area contributed by atoms with Crippen LogP contribution in [0.3, 0.4) is 0 Å². The fraction of sp³-hybridized carbons (Fsp3) is 0.351. The summed E-state index contributed by atoms with van der Waals surface area (Å²) < 4.78 is 13.6. The van der Waals surface area contributed by atoms with Crippen molar-refractivity contribution in [2.45, 2.75) is 45.1 Å². The van der Waals surface area contributed by atoms with E-state index in [1.807, 2.05) is 12.1 Å². The Kier molecular flexibility index (Phi) is 9.64. The number of aliphatic hydroxyl groups is 1. The molecule has 0 spiro atoms. The standard InChI is InChI=1S/C37H43N3O3/c1-27-35(25-40-19-17-39(18-20-40)24-28-7-3-2-4-8-28)42-37(43-36(27)31-15-13-29(26-41)14-16-31)34-12-6-11-33(22-34)32-10-5-9-30(21-32)23-38/h2-16,21-22,27,35-37,41H,17-20,23-26,38H2,1H3. The molecule has 2 saturated heterocycles. The van der Waals surface area contributed by atoms with Crippen LogP contribution in [-0.4, -0.2) is 53.7 Å². The zero-order chi connectivity index (χ0) is 29.6. The first-order valence-electron chi connectivity index (χ1n) is 15.5. The van der Waals surface area contributed by atoms with Crippen molar-refractivity contribution in [2.24, 2.45) is 11.7 Å². The Morgan fingerprint density at radius 3 is 2.09 bits per heavy atom. The minimum Gasteiger partial charge on any atom is -0.392 e. The maximum Gasteiger partial charge on any atom is 0.184 e. The first-order chi connectivity index (χ1) is 21.1. The first-order valence-corrected chi connectivity index (χ1v) is 15.5. The molecule has 0 saturated carbocycles. The number of nitrogens with two attached hydrogens (primary N) is 1. The van der Waals surface area contributed by atoms with Crippen LogP contribution in [0.1, 0.15) is 47.1 Å². The third kappa shape index (κ3) is 7.24. The van der Waals surface area contributed by atoms with E-state index in [9.17, 15) is 5.11 Å². The summed E-state index contributed by atoms with van der Waals surface area (Å²) in [4.78, 5) is 5.09. The highest BCUT2D eigenvalue weighted by molar-refractivity contribution is 5.65. The van der Waals surface area contributed by atoms with Gasteiger partial charge in [0.25, 0.3) is 0 Å². The molecule has 0 aromatic heterocycles. The fourth-order valence-electron chi connectivity index (χ4n) is 6.30. The highest BCUT2D eigenvalue weighted by Gasteiger charge is 2.39. The van der Waals surface area contributed by atoms with Crippen molar-refractivity contribution >= 4 is 0 Å². The van der Waals surface area contributed by atoms with Gasteiger partial charge >= 0.3 is 0 Å². The summed E-state index contributed by atoms with van der Waals surface area (Å²) in [6, 6.07) is 35.8. The molecule has 4 unspecified atom stereocenters. The summed E-state index contributed by atoms with van der Waals surface area (Å²) in [5.74, 6) is 0.156. The van der Waals surface area contributed by atoms with Gasteiger partial charge < -0.3 is 20.3 Å². The van der Waals surface area contributed by atoms with Crippen LogP contribution in [0, 0.1) is 5.92 Å². The molecular formula is C37H43N3O3. The van der Waals surface area contributed by atoms with Gasteiger partial charge in [-0.3, -0.25) is 9.80 Å².